The van der Waals surface area contributed by atoms with Gasteiger partial charge in [-0.15, -0.1) is 0 Å². The minimum atomic E-state index is 0.113. The molecule has 0 radical (unpaired) electrons. The van der Waals surface area contributed by atoms with Gasteiger partial charge in [0.05, 0.1) is 18.8 Å². The van der Waals surface area contributed by atoms with Crippen LogP contribution in [0.5, 0.6) is 0 Å². The first-order valence-electron chi connectivity index (χ1n) is 8.30. The zero-order chi connectivity index (χ0) is 14.9. The van der Waals surface area contributed by atoms with Crippen LogP contribution in [0.2, 0.25) is 0 Å². The van der Waals surface area contributed by atoms with Gasteiger partial charge >= 0.3 is 0 Å². The van der Waals surface area contributed by atoms with Crippen molar-refractivity contribution in [3.63, 3.8) is 0 Å². The number of hydrogen-bond donors (Lipinski definition) is 1. The van der Waals surface area contributed by atoms with Gasteiger partial charge in [0.1, 0.15) is 0 Å². The van der Waals surface area contributed by atoms with Crippen LogP contribution in [0.25, 0.3) is 0 Å². The van der Waals surface area contributed by atoms with Crippen molar-refractivity contribution < 1.29 is 9.47 Å². The molecule has 21 heavy (non-hydrogen) atoms. The van der Waals surface area contributed by atoms with Crippen molar-refractivity contribution >= 4 is 0 Å². The summed E-state index contributed by atoms with van der Waals surface area (Å²) < 4.78 is 11.9. The lowest BCUT2D eigenvalue weighted by Crippen LogP contribution is -2.29. The average Bonchev–Trinajstić information content (AvgIpc) is 2.52. The van der Waals surface area contributed by atoms with Crippen molar-refractivity contribution in [2.24, 2.45) is 0 Å². The van der Waals surface area contributed by atoms with E-state index >= 15 is 0 Å². The first kappa shape index (κ1) is 16.5. The van der Waals surface area contributed by atoms with Gasteiger partial charge in [-0.25, -0.2) is 0 Å². The molecule has 2 unspecified atom stereocenters. The van der Waals surface area contributed by atoms with E-state index in [2.05, 4.69) is 43.4 Å². The molecule has 1 aliphatic heterocycles. The summed E-state index contributed by atoms with van der Waals surface area (Å²) in [4.78, 5) is 0. The fourth-order valence-electron chi connectivity index (χ4n) is 2.72. The van der Waals surface area contributed by atoms with Crippen molar-refractivity contribution in [1.82, 2.24) is 5.32 Å². The molecule has 0 aliphatic carbocycles. The molecule has 118 valence electrons. The molecular weight excluding hydrogens is 262 g/mol. The second kappa shape index (κ2) is 9.19. The Kier molecular flexibility index (Phi) is 7.20. The SMILES string of the molecule is CCCNCC(OCC1CCCCO1)c1cccc(C)c1. The van der Waals surface area contributed by atoms with E-state index in [1.807, 2.05) is 0 Å². The van der Waals surface area contributed by atoms with E-state index in [0.717, 1.165) is 32.5 Å². The van der Waals surface area contributed by atoms with Crippen molar-refractivity contribution in [1.29, 1.82) is 0 Å². The molecular formula is C18H29NO2. The summed E-state index contributed by atoms with van der Waals surface area (Å²) in [6.07, 6.45) is 5.11. The summed E-state index contributed by atoms with van der Waals surface area (Å²) in [7, 11) is 0. The predicted octanol–water partition coefficient (Wildman–Crippen LogP) is 3.62. The summed E-state index contributed by atoms with van der Waals surface area (Å²) in [5.41, 5.74) is 2.54. The molecule has 1 fully saturated rings. The maximum absolute atomic E-state index is 6.18. The van der Waals surface area contributed by atoms with Crippen molar-refractivity contribution in [2.75, 3.05) is 26.3 Å². The van der Waals surface area contributed by atoms with E-state index in [1.165, 1.54) is 24.0 Å². The van der Waals surface area contributed by atoms with Crippen LogP contribution in [0, 0.1) is 6.92 Å². The lowest BCUT2D eigenvalue weighted by molar-refractivity contribution is -0.0633. The maximum Gasteiger partial charge on any atom is 0.0950 e. The van der Waals surface area contributed by atoms with Crippen molar-refractivity contribution in [3.8, 4) is 0 Å². The Hall–Kier alpha value is -0.900. The van der Waals surface area contributed by atoms with E-state index in [4.69, 9.17) is 9.47 Å². The molecule has 1 aromatic carbocycles. The third-order valence-corrected chi connectivity index (χ3v) is 3.93. The van der Waals surface area contributed by atoms with Crippen LogP contribution in [0.4, 0.5) is 0 Å². The minimum absolute atomic E-state index is 0.113. The van der Waals surface area contributed by atoms with Crippen LogP contribution in [-0.2, 0) is 9.47 Å². The Labute approximate surface area is 129 Å². The summed E-state index contributed by atoms with van der Waals surface area (Å²) >= 11 is 0. The maximum atomic E-state index is 6.18. The number of benzene rings is 1. The standard InChI is InChI=1S/C18H29NO2/c1-3-10-19-13-18(16-8-6-7-15(2)12-16)21-14-17-9-4-5-11-20-17/h6-8,12,17-19H,3-5,9-11,13-14H2,1-2H3. The van der Waals surface area contributed by atoms with Crippen LogP contribution in [0.15, 0.2) is 24.3 Å². The smallest absolute Gasteiger partial charge is 0.0950 e. The molecule has 1 heterocycles. The van der Waals surface area contributed by atoms with Crippen LogP contribution in [-0.4, -0.2) is 32.4 Å². The monoisotopic (exact) mass is 291 g/mol. The highest BCUT2D eigenvalue weighted by atomic mass is 16.5. The van der Waals surface area contributed by atoms with Gasteiger partial charge in [0.15, 0.2) is 0 Å². The Morgan fingerprint density at radius 2 is 2.29 bits per heavy atom. The Morgan fingerprint density at radius 1 is 1.38 bits per heavy atom. The Bertz CT molecular complexity index is 402. The van der Waals surface area contributed by atoms with Crippen LogP contribution >= 0.6 is 0 Å². The molecule has 2 atom stereocenters. The number of hydrogen-bond acceptors (Lipinski definition) is 3. The third-order valence-electron chi connectivity index (χ3n) is 3.93. The first-order valence-corrected chi connectivity index (χ1v) is 8.30. The quantitative estimate of drug-likeness (QED) is 0.742. The minimum Gasteiger partial charge on any atom is -0.376 e. The molecule has 0 bridgehead atoms. The van der Waals surface area contributed by atoms with E-state index in [9.17, 15) is 0 Å². The average molecular weight is 291 g/mol. The molecule has 1 saturated heterocycles. The Balaban J connectivity index is 1.91. The molecule has 0 spiro atoms. The predicted molar refractivity (Wildman–Crippen MR) is 86.6 cm³/mol. The first-order chi connectivity index (χ1) is 10.3. The van der Waals surface area contributed by atoms with Gasteiger partial charge < -0.3 is 14.8 Å². The fourth-order valence-corrected chi connectivity index (χ4v) is 2.72. The van der Waals surface area contributed by atoms with E-state index in [-0.39, 0.29) is 12.2 Å². The van der Waals surface area contributed by atoms with Crippen molar-refractivity contribution in [2.45, 2.75) is 51.7 Å². The van der Waals surface area contributed by atoms with Crippen LogP contribution in [0.3, 0.4) is 0 Å². The molecule has 0 saturated carbocycles. The highest BCUT2D eigenvalue weighted by molar-refractivity contribution is 5.24. The molecule has 3 heteroatoms. The van der Waals surface area contributed by atoms with Crippen molar-refractivity contribution in [3.05, 3.63) is 35.4 Å². The van der Waals surface area contributed by atoms with Gasteiger partial charge in [0, 0.05) is 13.2 Å². The molecule has 0 aromatic heterocycles. The normalized spacial score (nSPS) is 20.4. The van der Waals surface area contributed by atoms with Gasteiger partial charge in [0.2, 0.25) is 0 Å². The second-order valence-electron chi connectivity index (χ2n) is 5.93. The van der Waals surface area contributed by atoms with Crippen LogP contribution in [0.1, 0.15) is 49.8 Å². The summed E-state index contributed by atoms with van der Waals surface area (Å²) in [6.45, 7) is 7.80. The second-order valence-corrected chi connectivity index (χ2v) is 5.93. The van der Waals surface area contributed by atoms with E-state index < -0.39 is 0 Å². The highest BCUT2D eigenvalue weighted by Crippen LogP contribution is 2.21. The lowest BCUT2D eigenvalue weighted by atomic mass is 10.1. The van der Waals surface area contributed by atoms with Gasteiger partial charge in [-0.05, 0) is 44.7 Å². The van der Waals surface area contributed by atoms with Gasteiger partial charge in [-0.3, -0.25) is 0 Å². The zero-order valence-corrected chi connectivity index (χ0v) is 13.4. The summed E-state index contributed by atoms with van der Waals surface area (Å²) in [6, 6.07) is 8.62. The summed E-state index contributed by atoms with van der Waals surface area (Å²) in [5, 5.41) is 3.48. The van der Waals surface area contributed by atoms with Gasteiger partial charge in [-0.2, -0.15) is 0 Å². The largest absolute Gasteiger partial charge is 0.376 e. The van der Waals surface area contributed by atoms with Crippen LogP contribution < -0.4 is 5.32 Å². The molecule has 0 amide bonds. The molecule has 1 aliphatic rings. The fraction of sp³-hybridized carbons (Fsp3) is 0.667. The highest BCUT2D eigenvalue weighted by Gasteiger charge is 2.18. The van der Waals surface area contributed by atoms with E-state index in [1.54, 1.807) is 0 Å². The number of ether oxygens (including phenoxy) is 2. The number of aryl methyl sites for hydroxylation is 1. The molecule has 1 N–H and O–H groups in total. The Morgan fingerprint density at radius 3 is 3.00 bits per heavy atom. The van der Waals surface area contributed by atoms with E-state index in [0.29, 0.717) is 6.61 Å². The topological polar surface area (TPSA) is 30.5 Å². The zero-order valence-electron chi connectivity index (χ0n) is 13.4. The van der Waals surface area contributed by atoms with Gasteiger partial charge in [-0.1, -0.05) is 36.8 Å². The summed E-state index contributed by atoms with van der Waals surface area (Å²) in [5.74, 6) is 0. The number of rotatable bonds is 8. The molecule has 1 aromatic rings. The van der Waals surface area contributed by atoms with Gasteiger partial charge in [0.25, 0.3) is 0 Å². The molecule has 3 nitrogen and oxygen atoms in total. The third kappa shape index (κ3) is 5.77. The lowest BCUT2D eigenvalue weighted by Gasteiger charge is -2.26. The molecule has 2 rings (SSSR count). The number of nitrogens with one attached hydrogen (secondary N) is 1.